The molecule has 0 fully saturated rings. The average Bonchev–Trinajstić information content (AvgIpc) is 2.26. The third kappa shape index (κ3) is 3.26. The van der Waals surface area contributed by atoms with E-state index in [9.17, 15) is 0 Å². The SMILES string of the molecule is CCC(CC)Nc1cccc(SC)c1. The third-order valence-corrected chi connectivity index (χ3v) is 3.15. The average molecular weight is 209 g/mol. The van der Waals surface area contributed by atoms with E-state index < -0.39 is 0 Å². The van der Waals surface area contributed by atoms with Crippen molar-refractivity contribution < 1.29 is 0 Å². The second-order valence-corrected chi connectivity index (χ2v) is 4.27. The molecule has 0 radical (unpaired) electrons. The van der Waals surface area contributed by atoms with Crippen molar-refractivity contribution in [2.24, 2.45) is 0 Å². The van der Waals surface area contributed by atoms with Crippen LogP contribution in [0.2, 0.25) is 0 Å². The molecular formula is C12H19NS. The lowest BCUT2D eigenvalue weighted by molar-refractivity contribution is 0.671. The molecule has 0 atom stereocenters. The van der Waals surface area contributed by atoms with Crippen LogP contribution < -0.4 is 5.32 Å². The number of thioether (sulfide) groups is 1. The molecule has 0 aliphatic heterocycles. The van der Waals surface area contributed by atoms with Crippen LogP contribution in [0.5, 0.6) is 0 Å². The summed E-state index contributed by atoms with van der Waals surface area (Å²) in [5, 5.41) is 3.54. The van der Waals surface area contributed by atoms with Gasteiger partial charge in [-0.15, -0.1) is 11.8 Å². The summed E-state index contributed by atoms with van der Waals surface area (Å²) in [7, 11) is 0. The summed E-state index contributed by atoms with van der Waals surface area (Å²) in [5.41, 5.74) is 1.24. The molecule has 1 aromatic rings. The van der Waals surface area contributed by atoms with E-state index in [2.05, 4.69) is 49.7 Å². The predicted octanol–water partition coefficient (Wildman–Crippen LogP) is 4.01. The van der Waals surface area contributed by atoms with E-state index in [0.29, 0.717) is 6.04 Å². The van der Waals surface area contributed by atoms with Gasteiger partial charge in [-0.2, -0.15) is 0 Å². The van der Waals surface area contributed by atoms with Gasteiger partial charge in [0, 0.05) is 16.6 Å². The quantitative estimate of drug-likeness (QED) is 0.735. The van der Waals surface area contributed by atoms with Crippen molar-refractivity contribution in [1.29, 1.82) is 0 Å². The normalized spacial score (nSPS) is 10.6. The van der Waals surface area contributed by atoms with Gasteiger partial charge in [-0.05, 0) is 37.3 Å². The van der Waals surface area contributed by atoms with E-state index in [0.717, 1.165) is 0 Å². The molecule has 0 aromatic heterocycles. The fourth-order valence-corrected chi connectivity index (χ4v) is 1.90. The smallest absolute Gasteiger partial charge is 0.0353 e. The van der Waals surface area contributed by atoms with Crippen LogP contribution in [0.25, 0.3) is 0 Å². The fraction of sp³-hybridized carbons (Fsp3) is 0.500. The highest BCUT2D eigenvalue weighted by molar-refractivity contribution is 7.98. The molecule has 14 heavy (non-hydrogen) atoms. The Morgan fingerprint density at radius 1 is 1.29 bits per heavy atom. The maximum Gasteiger partial charge on any atom is 0.0353 e. The maximum absolute atomic E-state index is 3.54. The summed E-state index contributed by atoms with van der Waals surface area (Å²) < 4.78 is 0. The highest BCUT2D eigenvalue weighted by Gasteiger charge is 2.02. The summed E-state index contributed by atoms with van der Waals surface area (Å²) in [6, 6.07) is 9.20. The second-order valence-electron chi connectivity index (χ2n) is 3.39. The molecule has 1 aromatic carbocycles. The molecule has 0 aliphatic carbocycles. The van der Waals surface area contributed by atoms with Gasteiger partial charge in [0.2, 0.25) is 0 Å². The molecule has 0 saturated heterocycles. The van der Waals surface area contributed by atoms with Crippen LogP contribution in [-0.2, 0) is 0 Å². The van der Waals surface area contributed by atoms with Crippen molar-refractivity contribution in [3.05, 3.63) is 24.3 Å². The molecule has 78 valence electrons. The first-order chi connectivity index (χ1) is 6.80. The first-order valence-corrected chi connectivity index (χ1v) is 6.43. The van der Waals surface area contributed by atoms with Crippen molar-refractivity contribution >= 4 is 17.4 Å². The predicted molar refractivity (Wildman–Crippen MR) is 66.2 cm³/mol. The summed E-state index contributed by atoms with van der Waals surface area (Å²) >= 11 is 1.79. The minimum absolute atomic E-state index is 0.604. The van der Waals surface area contributed by atoms with Gasteiger partial charge in [0.15, 0.2) is 0 Å². The zero-order valence-corrected chi connectivity index (χ0v) is 10.0. The summed E-state index contributed by atoms with van der Waals surface area (Å²) in [5.74, 6) is 0. The van der Waals surface area contributed by atoms with E-state index in [-0.39, 0.29) is 0 Å². The van der Waals surface area contributed by atoms with Gasteiger partial charge in [0.1, 0.15) is 0 Å². The summed E-state index contributed by atoms with van der Waals surface area (Å²) in [6.07, 6.45) is 4.47. The van der Waals surface area contributed by atoms with Crippen LogP contribution in [0.1, 0.15) is 26.7 Å². The van der Waals surface area contributed by atoms with Gasteiger partial charge in [0.05, 0.1) is 0 Å². The molecular weight excluding hydrogens is 190 g/mol. The van der Waals surface area contributed by atoms with Crippen LogP contribution >= 0.6 is 11.8 Å². The van der Waals surface area contributed by atoms with E-state index in [4.69, 9.17) is 0 Å². The summed E-state index contributed by atoms with van der Waals surface area (Å²) in [4.78, 5) is 1.32. The minimum Gasteiger partial charge on any atom is -0.382 e. The first-order valence-electron chi connectivity index (χ1n) is 5.20. The van der Waals surface area contributed by atoms with Gasteiger partial charge in [-0.3, -0.25) is 0 Å². The molecule has 0 unspecified atom stereocenters. The maximum atomic E-state index is 3.54. The lowest BCUT2D eigenvalue weighted by Crippen LogP contribution is -2.16. The molecule has 0 bridgehead atoms. The van der Waals surface area contributed by atoms with Crippen molar-refractivity contribution in [3.63, 3.8) is 0 Å². The standard InChI is InChI=1S/C12H19NS/c1-4-10(5-2)13-11-7-6-8-12(9-11)14-3/h6-10,13H,4-5H2,1-3H3. The second kappa shape index (κ2) is 5.97. The summed E-state index contributed by atoms with van der Waals surface area (Å²) in [6.45, 7) is 4.44. The topological polar surface area (TPSA) is 12.0 Å². The Bertz CT molecular complexity index is 269. The van der Waals surface area contributed by atoms with E-state index in [1.807, 2.05) is 0 Å². The number of benzene rings is 1. The van der Waals surface area contributed by atoms with Gasteiger partial charge >= 0.3 is 0 Å². The van der Waals surface area contributed by atoms with Gasteiger partial charge in [-0.1, -0.05) is 19.9 Å². The van der Waals surface area contributed by atoms with Crippen LogP contribution in [0.3, 0.4) is 0 Å². The minimum atomic E-state index is 0.604. The molecule has 1 nitrogen and oxygen atoms in total. The number of rotatable bonds is 5. The van der Waals surface area contributed by atoms with Crippen molar-refractivity contribution in [3.8, 4) is 0 Å². The van der Waals surface area contributed by atoms with Gasteiger partial charge < -0.3 is 5.32 Å². The van der Waals surface area contributed by atoms with Crippen molar-refractivity contribution in [2.45, 2.75) is 37.6 Å². The zero-order chi connectivity index (χ0) is 10.4. The van der Waals surface area contributed by atoms with E-state index >= 15 is 0 Å². The van der Waals surface area contributed by atoms with Crippen LogP contribution in [-0.4, -0.2) is 12.3 Å². The molecule has 1 rings (SSSR count). The van der Waals surface area contributed by atoms with Crippen molar-refractivity contribution in [2.75, 3.05) is 11.6 Å². The number of hydrogen-bond acceptors (Lipinski definition) is 2. The van der Waals surface area contributed by atoms with E-state index in [1.54, 1.807) is 11.8 Å². The van der Waals surface area contributed by atoms with Gasteiger partial charge in [0.25, 0.3) is 0 Å². The molecule has 0 saturated carbocycles. The molecule has 0 aliphatic rings. The number of hydrogen-bond donors (Lipinski definition) is 1. The van der Waals surface area contributed by atoms with Crippen molar-refractivity contribution in [1.82, 2.24) is 0 Å². The molecule has 0 amide bonds. The highest BCUT2D eigenvalue weighted by Crippen LogP contribution is 2.20. The van der Waals surface area contributed by atoms with E-state index in [1.165, 1.54) is 23.4 Å². The lowest BCUT2D eigenvalue weighted by atomic mass is 10.1. The number of nitrogens with one attached hydrogen (secondary N) is 1. The third-order valence-electron chi connectivity index (χ3n) is 2.43. The molecule has 2 heteroatoms. The molecule has 0 heterocycles. The Hall–Kier alpha value is -0.630. The Kier molecular flexibility index (Phi) is 4.88. The van der Waals surface area contributed by atoms with Crippen LogP contribution in [0, 0.1) is 0 Å². The van der Waals surface area contributed by atoms with Crippen LogP contribution in [0.4, 0.5) is 5.69 Å². The lowest BCUT2D eigenvalue weighted by Gasteiger charge is -2.16. The van der Waals surface area contributed by atoms with Crippen LogP contribution in [0.15, 0.2) is 29.2 Å². The molecule has 0 spiro atoms. The fourth-order valence-electron chi connectivity index (χ4n) is 1.44. The Morgan fingerprint density at radius 2 is 2.00 bits per heavy atom. The number of anilines is 1. The largest absolute Gasteiger partial charge is 0.382 e. The Balaban J connectivity index is 2.65. The monoisotopic (exact) mass is 209 g/mol. The zero-order valence-electron chi connectivity index (χ0n) is 9.21. The Labute approximate surface area is 91.3 Å². The molecule has 1 N–H and O–H groups in total. The highest BCUT2D eigenvalue weighted by atomic mass is 32.2. The first kappa shape index (κ1) is 11.4. The Morgan fingerprint density at radius 3 is 2.57 bits per heavy atom. The van der Waals surface area contributed by atoms with Gasteiger partial charge in [-0.25, -0.2) is 0 Å².